The molecule has 0 aliphatic carbocycles. The molecule has 2 unspecified atom stereocenters. The van der Waals surface area contributed by atoms with E-state index in [1.54, 1.807) is 12.1 Å². The second kappa shape index (κ2) is 4.77. The number of hydrogen-bond acceptors (Lipinski definition) is 4. The zero-order valence-electron chi connectivity index (χ0n) is 11.5. The van der Waals surface area contributed by atoms with E-state index in [4.69, 9.17) is 0 Å². The van der Waals surface area contributed by atoms with Crippen molar-refractivity contribution in [1.29, 1.82) is 0 Å². The lowest BCUT2D eigenvalue weighted by atomic mass is 10.1. The highest BCUT2D eigenvalue weighted by Gasteiger charge is 2.43. The van der Waals surface area contributed by atoms with Crippen molar-refractivity contribution < 1.29 is 18.3 Å². The minimum atomic E-state index is -3.55. The SMILES string of the molecule is CCC1CNC(C)CN1c1ccc2c(c1)OC(F)(F)O2. The third kappa shape index (κ3) is 2.40. The van der Waals surface area contributed by atoms with Crippen LogP contribution in [0.2, 0.25) is 0 Å². The van der Waals surface area contributed by atoms with Crippen LogP contribution >= 0.6 is 0 Å². The molecule has 4 nitrogen and oxygen atoms in total. The van der Waals surface area contributed by atoms with Gasteiger partial charge in [-0.1, -0.05) is 6.92 Å². The molecule has 1 N–H and O–H groups in total. The average molecular weight is 284 g/mol. The normalized spacial score (nSPS) is 27.7. The minimum Gasteiger partial charge on any atom is -0.395 e. The van der Waals surface area contributed by atoms with Crippen molar-refractivity contribution in [1.82, 2.24) is 5.32 Å². The highest BCUT2D eigenvalue weighted by atomic mass is 19.3. The lowest BCUT2D eigenvalue weighted by Gasteiger charge is -2.40. The molecule has 0 bridgehead atoms. The third-order valence-electron chi connectivity index (χ3n) is 3.80. The fraction of sp³-hybridized carbons (Fsp3) is 0.571. The smallest absolute Gasteiger partial charge is 0.395 e. The van der Waals surface area contributed by atoms with Crippen molar-refractivity contribution >= 4 is 5.69 Å². The number of benzene rings is 1. The molecule has 0 aromatic heterocycles. The molecular formula is C14H18F2N2O2. The summed E-state index contributed by atoms with van der Waals surface area (Å²) in [7, 11) is 0. The molecule has 1 saturated heterocycles. The molecule has 6 heteroatoms. The van der Waals surface area contributed by atoms with E-state index >= 15 is 0 Å². The molecule has 110 valence electrons. The second-order valence-corrected chi connectivity index (χ2v) is 5.32. The Balaban J connectivity index is 1.87. The zero-order chi connectivity index (χ0) is 14.3. The Labute approximate surface area is 116 Å². The number of ether oxygens (including phenoxy) is 2. The first-order valence-corrected chi connectivity index (χ1v) is 6.88. The van der Waals surface area contributed by atoms with Crippen LogP contribution in [-0.2, 0) is 0 Å². The fourth-order valence-electron chi connectivity index (χ4n) is 2.75. The lowest BCUT2D eigenvalue weighted by Crippen LogP contribution is -2.55. The van der Waals surface area contributed by atoms with E-state index in [1.165, 1.54) is 0 Å². The number of fused-ring (bicyclic) bond motifs is 1. The summed E-state index contributed by atoms with van der Waals surface area (Å²) in [5.74, 6) is 0.198. The van der Waals surface area contributed by atoms with Gasteiger partial charge in [0, 0.05) is 36.9 Å². The number of hydrogen-bond donors (Lipinski definition) is 1. The first-order chi connectivity index (χ1) is 9.48. The molecule has 20 heavy (non-hydrogen) atoms. The first-order valence-electron chi connectivity index (χ1n) is 6.88. The maximum atomic E-state index is 13.0. The molecule has 0 amide bonds. The van der Waals surface area contributed by atoms with Crippen LogP contribution in [0.5, 0.6) is 11.5 Å². The van der Waals surface area contributed by atoms with Crippen molar-refractivity contribution in [3.8, 4) is 11.5 Å². The number of anilines is 1. The molecule has 2 aliphatic heterocycles. The molecule has 2 atom stereocenters. The average Bonchev–Trinajstić information content (AvgIpc) is 2.71. The van der Waals surface area contributed by atoms with Crippen LogP contribution in [0.4, 0.5) is 14.5 Å². The van der Waals surface area contributed by atoms with Gasteiger partial charge in [-0.3, -0.25) is 0 Å². The van der Waals surface area contributed by atoms with Crippen LogP contribution in [0.25, 0.3) is 0 Å². The maximum absolute atomic E-state index is 13.0. The Morgan fingerprint density at radius 1 is 1.35 bits per heavy atom. The lowest BCUT2D eigenvalue weighted by molar-refractivity contribution is -0.286. The summed E-state index contributed by atoms with van der Waals surface area (Å²) in [5.41, 5.74) is 0.894. The number of piperazine rings is 1. The Hall–Kier alpha value is -1.56. The van der Waals surface area contributed by atoms with Gasteiger partial charge in [-0.2, -0.15) is 0 Å². The Kier molecular flexibility index (Phi) is 3.20. The molecule has 1 fully saturated rings. The van der Waals surface area contributed by atoms with Gasteiger partial charge in [-0.25, -0.2) is 0 Å². The minimum absolute atomic E-state index is 0.0926. The van der Waals surface area contributed by atoms with Crippen LogP contribution < -0.4 is 19.7 Å². The summed E-state index contributed by atoms with van der Waals surface area (Å²) >= 11 is 0. The van der Waals surface area contributed by atoms with E-state index in [-0.39, 0.29) is 11.5 Å². The van der Waals surface area contributed by atoms with E-state index in [9.17, 15) is 8.78 Å². The topological polar surface area (TPSA) is 33.7 Å². The van der Waals surface area contributed by atoms with E-state index in [0.29, 0.717) is 12.1 Å². The quantitative estimate of drug-likeness (QED) is 0.905. The maximum Gasteiger partial charge on any atom is 0.586 e. The highest BCUT2D eigenvalue weighted by Crippen LogP contribution is 2.43. The van der Waals surface area contributed by atoms with Crippen LogP contribution in [0.3, 0.4) is 0 Å². The van der Waals surface area contributed by atoms with Crippen molar-refractivity contribution in [3.05, 3.63) is 18.2 Å². The molecule has 2 aliphatic rings. The Morgan fingerprint density at radius 2 is 2.10 bits per heavy atom. The number of rotatable bonds is 2. The summed E-state index contributed by atoms with van der Waals surface area (Å²) in [6.07, 6.45) is -2.56. The van der Waals surface area contributed by atoms with Gasteiger partial charge in [0.1, 0.15) is 0 Å². The third-order valence-corrected chi connectivity index (χ3v) is 3.80. The molecule has 1 aromatic carbocycles. The van der Waals surface area contributed by atoms with Gasteiger partial charge in [-0.05, 0) is 25.5 Å². The van der Waals surface area contributed by atoms with Gasteiger partial charge in [0.2, 0.25) is 0 Å². The molecular weight excluding hydrogens is 266 g/mol. The fourth-order valence-corrected chi connectivity index (χ4v) is 2.75. The molecule has 0 radical (unpaired) electrons. The molecule has 2 heterocycles. The van der Waals surface area contributed by atoms with Crippen LogP contribution in [-0.4, -0.2) is 31.5 Å². The van der Waals surface area contributed by atoms with Crippen molar-refractivity contribution in [2.24, 2.45) is 0 Å². The largest absolute Gasteiger partial charge is 0.586 e. The predicted octanol–water partition coefficient (Wildman–Crippen LogP) is 2.58. The standard InChI is InChI=1S/C14H18F2N2O2/c1-3-10-7-17-9(2)8-18(10)11-4-5-12-13(6-11)20-14(15,16)19-12/h4-6,9-10,17H,3,7-8H2,1-2H3. The number of halogens is 2. The van der Waals surface area contributed by atoms with E-state index in [0.717, 1.165) is 25.2 Å². The number of nitrogens with one attached hydrogen (secondary N) is 1. The summed E-state index contributed by atoms with van der Waals surface area (Å²) in [5, 5.41) is 3.43. The van der Waals surface area contributed by atoms with Gasteiger partial charge in [0.05, 0.1) is 0 Å². The molecule has 1 aromatic rings. The predicted molar refractivity (Wildman–Crippen MR) is 71.5 cm³/mol. The van der Waals surface area contributed by atoms with Gasteiger partial charge in [-0.15, -0.1) is 8.78 Å². The van der Waals surface area contributed by atoms with Gasteiger partial charge in [0.25, 0.3) is 0 Å². The summed E-state index contributed by atoms with van der Waals surface area (Å²) in [4.78, 5) is 2.24. The number of alkyl halides is 2. The monoisotopic (exact) mass is 284 g/mol. The van der Waals surface area contributed by atoms with Crippen molar-refractivity contribution in [3.63, 3.8) is 0 Å². The summed E-state index contributed by atoms with van der Waals surface area (Å²) in [6, 6.07) is 5.71. The van der Waals surface area contributed by atoms with E-state index in [2.05, 4.69) is 33.5 Å². The van der Waals surface area contributed by atoms with Crippen LogP contribution in [0, 0.1) is 0 Å². The first kappa shape index (κ1) is 13.4. The Bertz CT molecular complexity index is 510. The van der Waals surface area contributed by atoms with E-state index < -0.39 is 6.29 Å². The van der Waals surface area contributed by atoms with Crippen LogP contribution in [0.1, 0.15) is 20.3 Å². The molecule has 0 spiro atoms. The van der Waals surface area contributed by atoms with Crippen LogP contribution in [0.15, 0.2) is 18.2 Å². The summed E-state index contributed by atoms with van der Waals surface area (Å²) < 4.78 is 35.0. The van der Waals surface area contributed by atoms with Gasteiger partial charge < -0.3 is 19.7 Å². The van der Waals surface area contributed by atoms with Gasteiger partial charge >= 0.3 is 6.29 Å². The second-order valence-electron chi connectivity index (χ2n) is 5.32. The molecule has 0 saturated carbocycles. The van der Waals surface area contributed by atoms with Gasteiger partial charge in [0.15, 0.2) is 11.5 Å². The molecule has 3 rings (SSSR count). The highest BCUT2D eigenvalue weighted by molar-refractivity contribution is 5.58. The summed E-state index contributed by atoms with van der Waals surface area (Å²) in [6.45, 7) is 5.97. The number of nitrogens with zero attached hydrogens (tertiary/aromatic N) is 1. The van der Waals surface area contributed by atoms with Crippen molar-refractivity contribution in [2.75, 3.05) is 18.0 Å². The Morgan fingerprint density at radius 3 is 2.85 bits per heavy atom. The van der Waals surface area contributed by atoms with E-state index in [1.807, 2.05) is 6.07 Å². The zero-order valence-corrected chi connectivity index (χ0v) is 11.5. The van der Waals surface area contributed by atoms with Crippen molar-refractivity contribution in [2.45, 2.75) is 38.6 Å².